The van der Waals surface area contributed by atoms with E-state index in [0.717, 1.165) is 30.2 Å². The van der Waals surface area contributed by atoms with Crippen molar-refractivity contribution in [1.29, 1.82) is 0 Å². The first-order chi connectivity index (χ1) is 14.5. The van der Waals surface area contributed by atoms with Gasteiger partial charge in [-0.2, -0.15) is 0 Å². The lowest BCUT2D eigenvalue weighted by atomic mass is 10.0. The second-order valence-corrected chi connectivity index (χ2v) is 7.16. The van der Waals surface area contributed by atoms with Crippen molar-refractivity contribution in [3.8, 4) is 11.5 Å². The molecular weight excluding hydrogens is 386 g/mol. The lowest BCUT2D eigenvalue weighted by Crippen LogP contribution is -2.11. The number of benzene rings is 2. The number of fused-ring (bicyclic) bond motifs is 2. The SMILES string of the molecule is COC(=O)c1cc(OC)c(OC)cc1NCc1cc(=O)oc2cc3c(cc12)CCC3. The molecule has 0 spiro atoms. The Hall–Kier alpha value is -3.48. The fourth-order valence-corrected chi connectivity index (χ4v) is 3.94. The molecule has 7 nitrogen and oxygen atoms in total. The van der Waals surface area contributed by atoms with Crippen LogP contribution in [0.3, 0.4) is 0 Å². The molecule has 0 aliphatic heterocycles. The lowest BCUT2D eigenvalue weighted by Gasteiger charge is -2.16. The molecule has 1 heterocycles. The quantitative estimate of drug-likeness (QED) is 0.491. The Morgan fingerprint density at radius 2 is 1.70 bits per heavy atom. The Morgan fingerprint density at radius 1 is 1.00 bits per heavy atom. The van der Waals surface area contributed by atoms with E-state index in [2.05, 4.69) is 11.4 Å². The first-order valence-corrected chi connectivity index (χ1v) is 9.70. The zero-order valence-electron chi connectivity index (χ0n) is 17.2. The van der Waals surface area contributed by atoms with Crippen molar-refractivity contribution in [3.63, 3.8) is 0 Å². The molecule has 4 rings (SSSR count). The van der Waals surface area contributed by atoms with Crippen molar-refractivity contribution >= 4 is 22.6 Å². The summed E-state index contributed by atoms with van der Waals surface area (Å²) in [5, 5.41) is 4.13. The number of hydrogen-bond donors (Lipinski definition) is 1. The van der Waals surface area contributed by atoms with Gasteiger partial charge >= 0.3 is 11.6 Å². The smallest absolute Gasteiger partial charge is 0.340 e. The number of carbonyl (C=O) groups is 1. The molecule has 7 heteroatoms. The Labute approximate surface area is 173 Å². The van der Waals surface area contributed by atoms with Crippen LogP contribution >= 0.6 is 0 Å². The normalized spacial score (nSPS) is 12.5. The second-order valence-electron chi connectivity index (χ2n) is 7.16. The summed E-state index contributed by atoms with van der Waals surface area (Å²) in [5.74, 6) is 0.390. The average Bonchev–Trinajstić information content (AvgIpc) is 3.22. The molecule has 1 aromatic heterocycles. The summed E-state index contributed by atoms with van der Waals surface area (Å²) in [6.07, 6.45) is 3.14. The van der Waals surface area contributed by atoms with Crippen LogP contribution in [-0.4, -0.2) is 27.3 Å². The number of esters is 1. The highest BCUT2D eigenvalue weighted by Gasteiger charge is 2.19. The molecule has 0 saturated carbocycles. The standard InChI is InChI=1S/C23H23NO6/c1-27-20-10-17(23(26)29-3)18(11-21(20)28-2)24-12-15-9-22(25)30-19-8-14-6-4-5-13(14)7-16(15)19/h7-11,24H,4-6,12H2,1-3H3. The third kappa shape index (κ3) is 3.58. The van der Waals surface area contributed by atoms with Crippen LogP contribution in [-0.2, 0) is 24.1 Å². The van der Waals surface area contributed by atoms with Crippen LogP contribution in [0.2, 0.25) is 0 Å². The molecule has 2 aromatic carbocycles. The molecule has 30 heavy (non-hydrogen) atoms. The van der Waals surface area contributed by atoms with E-state index >= 15 is 0 Å². The summed E-state index contributed by atoms with van der Waals surface area (Å²) >= 11 is 0. The minimum absolute atomic E-state index is 0.309. The predicted octanol–water partition coefficient (Wildman–Crippen LogP) is 3.70. The molecule has 1 aliphatic rings. The predicted molar refractivity (Wildman–Crippen MR) is 113 cm³/mol. The van der Waals surface area contributed by atoms with Crippen molar-refractivity contribution in [2.24, 2.45) is 0 Å². The van der Waals surface area contributed by atoms with Gasteiger partial charge in [-0.3, -0.25) is 0 Å². The summed E-state index contributed by atoms with van der Waals surface area (Å²) in [7, 11) is 4.34. The summed E-state index contributed by atoms with van der Waals surface area (Å²) in [5.41, 5.74) is 4.33. The minimum Gasteiger partial charge on any atom is -0.493 e. The monoisotopic (exact) mass is 409 g/mol. The van der Waals surface area contributed by atoms with Crippen LogP contribution in [0.25, 0.3) is 11.0 Å². The van der Waals surface area contributed by atoms with E-state index in [0.29, 0.717) is 34.9 Å². The first kappa shape index (κ1) is 19.8. The van der Waals surface area contributed by atoms with Crippen LogP contribution in [0.4, 0.5) is 5.69 Å². The van der Waals surface area contributed by atoms with Gasteiger partial charge in [-0.1, -0.05) is 0 Å². The summed E-state index contributed by atoms with van der Waals surface area (Å²) in [6, 6.07) is 8.80. The Morgan fingerprint density at radius 3 is 2.40 bits per heavy atom. The number of anilines is 1. The summed E-state index contributed by atoms with van der Waals surface area (Å²) < 4.78 is 21.0. The Kier molecular flexibility index (Phi) is 5.35. The molecule has 0 atom stereocenters. The van der Waals surface area contributed by atoms with Crippen molar-refractivity contribution in [2.75, 3.05) is 26.6 Å². The third-order valence-corrected chi connectivity index (χ3v) is 5.44. The van der Waals surface area contributed by atoms with Crippen LogP contribution in [0.1, 0.15) is 33.5 Å². The summed E-state index contributed by atoms with van der Waals surface area (Å²) in [6.45, 7) is 0.320. The second kappa shape index (κ2) is 8.10. The molecule has 0 unspecified atom stereocenters. The molecule has 0 saturated heterocycles. The number of carbonyl (C=O) groups excluding carboxylic acids is 1. The van der Waals surface area contributed by atoms with E-state index < -0.39 is 11.6 Å². The van der Waals surface area contributed by atoms with Gasteiger partial charge in [0.15, 0.2) is 11.5 Å². The number of ether oxygens (including phenoxy) is 3. The number of rotatable bonds is 6. The maximum absolute atomic E-state index is 12.3. The zero-order chi connectivity index (χ0) is 21.3. The fraction of sp³-hybridized carbons (Fsp3) is 0.304. The highest BCUT2D eigenvalue weighted by atomic mass is 16.5. The molecule has 156 valence electrons. The van der Waals surface area contributed by atoms with Gasteiger partial charge in [0.25, 0.3) is 0 Å². The maximum atomic E-state index is 12.3. The Bertz CT molecular complexity index is 1180. The van der Waals surface area contributed by atoms with E-state index in [1.807, 2.05) is 6.07 Å². The number of hydrogen-bond acceptors (Lipinski definition) is 7. The number of nitrogens with one attached hydrogen (secondary N) is 1. The van der Waals surface area contributed by atoms with Crippen molar-refractivity contribution in [2.45, 2.75) is 25.8 Å². The van der Waals surface area contributed by atoms with Gasteiger partial charge < -0.3 is 23.9 Å². The van der Waals surface area contributed by atoms with E-state index in [1.165, 1.54) is 38.5 Å². The molecule has 0 bridgehead atoms. The van der Waals surface area contributed by atoms with E-state index in [9.17, 15) is 9.59 Å². The third-order valence-electron chi connectivity index (χ3n) is 5.44. The van der Waals surface area contributed by atoms with E-state index in [-0.39, 0.29) is 0 Å². The van der Waals surface area contributed by atoms with Crippen molar-refractivity contribution in [1.82, 2.24) is 0 Å². The molecule has 1 aliphatic carbocycles. The molecule has 0 radical (unpaired) electrons. The molecule has 0 fully saturated rings. The fourth-order valence-electron chi connectivity index (χ4n) is 3.94. The van der Waals surface area contributed by atoms with Gasteiger partial charge in [-0.25, -0.2) is 9.59 Å². The Balaban J connectivity index is 1.73. The van der Waals surface area contributed by atoms with Crippen LogP contribution < -0.4 is 20.4 Å². The maximum Gasteiger partial charge on any atom is 0.340 e. The first-order valence-electron chi connectivity index (χ1n) is 9.70. The van der Waals surface area contributed by atoms with E-state index in [4.69, 9.17) is 18.6 Å². The molecule has 3 aromatic rings. The molecule has 0 amide bonds. The molecule has 1 N–H and O–H groups in total. The largest absolute Gasteiger partial charge is 0.493 e. The summed E-state index contributed by atoms with van der Waals surface area (Å²) in [4.78, 5) is 24.4. The van der Waals surface area contributed by atoms with Gasteiger partial charge in [0.2, 0.25) is 0 Å². The van der Waals surface area contributed by atoms with Gasteiger partial charge in [0.05, 0.1) is 32.6 Å². The van der Waals surface area contributed by atoms with Crippen LogP contribution in [0, 0.1) is 0 Å². The average molecular weight is 409 g/mol. The highest BCUT2D eigenvalue weighted by Crippen LogP contribution is 2.34. The topological polar surface area (TPSA) is 87.0 Å². The van der Waals surface area contributed by atoms with Crippen molar-refractivity contribution in [3.05, 3.63) is 63.0 Å². The van der Waals surface area contributed by atoms with Crippen molar-refractivity contribution < 1.29 is 23.4 Å². The van der Waals surface area contributed by atoms with Gasteiger partial charge in [-0.05, 0) is 48.1 Å². The van der Waals surface area contributed by atoms with Gasteiger partial charge in [0.1, 0.15) is 5.58 Å². The van der Waals surface area contributed by atoms with Gasteiger partial charge in [0, 0.05) is 30.1 Å². The van der Waals surface area contributed by atoms with Crippen LogP contribution in [0.15, 0.2) is 39.5 Å². The zero-order valence-corrected chi connectivity index (χ0v) is 17.2. The van der Waals surface area contributed by atoms with Gasteiger partial charge in [-0.15, -0.1) is 0 Å². The number of aryl methyl sites for hydroxylation is 2. The van der Waals surface area contributed by atoms with E-state index in [1.54, 1.807) is 12.1 Å². The highest BCUT2D eigenvalue weighted by molar-refractivity contribution is 5.97. The minimum atomic E-state index is -0.506. The number of methoxy groups -OCH3 is 3. The molecular formula is C23H23NO6. The lowest BCUT2D eigenvalue weighted by molar-refractivity contribution is 0.0601. The van der Waals surface area contributed by atoms with Crippen LogP contribution in [0.5, 0.6) is 11.5 Å².